The number of hydrogen-bond acceptors (Lipinski definition) is 3. The molecule has 0 saturated carbocycles. The van der Waals surface area contributed by atoms with Gasteiger partial charge in [0.25, 0.3) is 5.56 Å². The van der Waals surface area contributed by atoms with Gasteiger partial charge < -0.3 is 14.8 Å². The summed E-state index contributed by atoms with van der Waals surface area (Å²) in [6, 6.07) is 9.24. The zero-order valence-corrected chi connectivity index (χ0v) is 15.3. The van der Waals surface area contributed by atoms with Crippen LogP contribution < -0.4 is 10.9 Å². The molecule has 0 spiro atoms. The van der Waals surface area contributed by atoms with Gasteiger partial charge in [-0.15, -0.1) is 0 Å². The van der Waals surface area contributed by atoms with Gasteiger partial charge in [-0.2, -0.15) is 13.2 Å². The van der Waals surface area contributed by atoms with E-state index >= 15 is 0 Å². The molecule has 1 N–H and O–H groups in total. The van der Waals surface area contributed by atoms with Crippen LogP contribution in [-0.4, -0.2) is 34.4 Å². The molecule has 29 heavy (non-hydrogen) atoms. The van der Waals surface area contributed by atoms with Crippen molar-refractivity contribution in [2.24, 2.45) is 0 Å². The van der Waals surface area contributed by atoms with Crippen molar-refractivity contribution in [2.45, 2.75) is 19.3 Å². The first-order chi connectivity index (χ1) is 13.7. The van der Waals surface area contributed by atoms with Crippen molar-refractivity contribution >= 4 is 17.9 Å². The maximum atomic E-state index is 12.5. The number of nitrogens with one attached hydrogen (secondary N) is 1. The smallest absolute Gasteiger partial charge is 0.343 e. The number of fused-ring (bicyclic) bond motifs is 1. The van der Waals surface area contributed by atoms with Crippen LogP contribution in [0.25, 0.3) is 6.08 Å². The number of nitrogens with zero attached hydrogens (tertiary/aromatic N) is 2. The number of carbonyl (C=O) groups is 2. The molecule has 1 aromatic carbocycles. The molecular formula is C20H18F3N3O3. The fourth-order valence-electron chi connectivity index (χ4n) is 2.95. The predicted molar refractivity (Wildman–Crippen MR) is 99.6 cm³/mol. The highest BCUT2D eigenvalue weighted by molar-refractivity contribution is 5.94. The van der Waals surface area contributed by atoms with E-state index < -0.39 is 17.6 Å². The monoisotopic (exact) mass is 405 g/mol. The summed E-state index contributed by atoms with van der Waals surface area (Å²) >= 11 is 0. The SMILES string of the molecule is O=C(/C=C/c1ccc(C(F)(F)F)cc1)NCC(=O)N1CCn2c(cccc2=O)C1. The number of carbonyl (C=O) groups excluding carboxylic acids is 2. The molecule has 9 heteroatoms. The minimum absolute atomic E-state index is 0.115. The van der Waals surface area contributed by atoms with Crippen LogP contribution in [-0.2, 0) is 28.9 Å². The van der Waals surface area contributed by atoms with Crippen molar-refractivity contribution < 1.29 is 22.8 Å². The molecule has 2 amide bonds. The second-order valence-electron chi connectivity index (χ2n) is 6.49. The molecule has 2 heterocycles. The van der Waals surface area contributed by atoms with E-state index in [1.807, 2.05) is 0 Å². The van der Waals surface area contributed by atoms with Crippen molar-refractivity contribution in [3.8, 4) is 0 Å². The van der Waals surface area contributed by atoms with Gasteiger partial charge in [-0.25, -0.2) is 0 Å². The first-order valence-electron chi connectivity index (χ1n) is 8.84. The number of rotatable bonds is 4. The van der Waals surface area contributed by atoms with Crippen LogP contribution in [0.2, 0.25) is 0 Å². The summed E-state index contributed by atoms with van der Waals surface area (Å²) < 4.78 is 39.2. The molecule has 3 rings (SSSR count). The molecule has 2 aromatic rings. The Kier molecular flexibility index (Phi) is 5.86. The Labute approximate surface area is 164 Å². The van der Waals surface area contributed by atoms with E-state index in [0.717, 1.165) is 23.9 Å². The summed E-state index contributed by atoms with van der Waals surface area (Å²) in [5, 5.41) is 2.46. The summed E-state index contributed by atoms with van der Waals surface area (Å²) in [4.78, 5) is 37.5. The van der Waals surface area contributed by atoms with E-state index in [9.17, 15) is 27.6 Å². The Balaban J connectivity index is 1.51. The number of hydrogen-bond donors (Lipinski definition) is 1. The Bertz CT molecular complexity index is 995. The lowest BCUT2D eigenvalue weighted by Gasteiger charge is -2.29. The fourth-order valence-corrected chi connectivity index (χ4v) is 2.95. The first kappa shape index (κ1) is 20.4. The number of pyridine rings is 1. The van der Waals surface area contributed by atoms with Crippen LogP contribution in [0, 0.1) is 0 Å². The summed E-state index contributed by atoms with van der Waals surface area (Å²) in [6.45, 7) is 0.828. The summed E-state index contributed by atoms with van der Waals surface area (Å²) in [5.41, 5.74) is 0.273. The third kappa shape index (κ3) is 5.13. The van der Waals surface area contributed by atoms with Gasteiger partial charge in [0, 0.05) is 30.9 Å². The van der Waals surface area contributed by atoms with Crippen molar-refractivity contribution in [1.82, 2.24) is 14.8 Å². The summed E-state index contributed by atoms with van der Waals surface area (Å²) in [7, 11) is 0. The van der Waals surface area contributed by atoms with Gasteiger partial charge in [0.1, 0.15) is 0 Å². The van der Waals surface area contributed by atoms with Crippen molar-refractivity contribution in [1.29, 1.82) is 0 Å². The maximum Gasteiger partial charge on any atom is 0.416 e. The summed E-state index contributed by atoms with van der Waals surface area (Å²) in [5.74, 6) is -0.823. The number of benzene rings is 1. The van der Waals surface area contributed by atoms with Gasteiger partial charge in [0.05, 0.1) is 18.7 Å². The minimum Gasteiger partial charge on any atom is -0.343 e. The second kappa shape index (κ2) is 8.34. The molecule has 1 aromatic heterocycles. The lowest BCUT2D eigenvalue weighted by molar-refractivity contribution is -0.137. The van der Waals surface area contributed by atoms with Crippen LogP contribution in [0.4, 0.5) is 13.2 Å². The van der Waals surface area contributed by atoms with E-state index in [1.165, 1.54) is 24.3 Å². The molecule has 0 radical (unpaired) electrons. The van der Waals surface area contributed by atoms with Crippen LogP contribution in [0.3, 0.4) is 0 Å². The molecule has 0 fully saturated rings. The van der Waals surface area contributed by atoms with E-state index in [0.29, 0.717) is 18.7 Å². The molecule has 0 aliphatic carbocycles. The standard InChI is InChI=1S/C20H18F3N3O3/c21-20(22,23)15-7-4-14(5-8-15)6-9-17(27)24-12-19(29)25-10-11-26-16(13-25)2-1-3-18(26)28/h1-9H,10-13H2,(H,24,27)/b9-6+. The molecule has 152 valence electrons. The van der Waals surface area contributed by atoms with Crippen LogP contribution in [0.5, 0.6) is 0 Å². The van der Waals surface area contributed by atoms with Gasteiger partial charge in [0.15, 0.2) is 0 Å². The average molecular weight is 405 g/mol. The van der Waals surface area contributed by atoms with Gasteiger partial charge in [0.2, 0.25) is 11.8 Å². The zero-order valence-electron chi connectivity index (χ0n) is 15.3. The quantitative estimate of drug-likeness (QED) is 0.792. The molecular weight excluding hydrogens is 387 g/mol. The highest BCUT2D eigenvalue weighted by Crippen LogP contribution is 2.29. The molecule has 0 bridgehead atoms. The van der Waals surface area contributed by atoms with E-state index in [2.05, 4.69) is 5.32 Å². The zero-order chi connectivity index (χ0) is 21.0. The van der Waals surface area contributed by atoms with E-state index in [4.69, 9.17) is 0 Å². The minimum atomic E-state index is -4.41. The van der Waals surface area contributed by atoms with Crippen molar-refractivity contribution in [3.63, 3.8) is 0 Å². The Morgan fingerprint density at radius 2 is 1.79 bits per heavy atom. The van der Waals surface area contributed by atoms with E-state index in [1.54, 1.807) is 21.6 Å². The molecule has 1 aliphatic rings. The number of aromatic nitrogens is 1. The van der Waals surface area contributed by atoms with Gasteiger partial charge in [-0.3, -0.25) is 14.4 Å². The average Bonchev–Trinajstić information content (AvgIpc) is 2.70. The van der Waals surface area contributed by atoms with Crippen molar-refractivity contribution in [3.05, 3.63) is 75.7 Å². The molecule has 0 atom stereocenters. The number of amides is 2. The highest BCUT2D eigenvalue weighted by atomic mass is 19.4. The molecule has 0 unspecified atom stereocenters. The molecule has 0 saturated heterocycles. The Morgan fingerprint density at radius 3 is 2.48 bits per heavy atom. The summed E-state index contributed by atoms with van der Waals surface area (Å²) in [6.07, 6.45) is -1.90. The maximum absolute atomic E-state index is 12.5. The van der Waals surface area contributed by atoms with Crippen molar-refractivity contribution in [2.75, 3.05) is 13.1 Å². The fraction of sp³-hybridized carbons (Fsp3) is 0.250. The molecule has 1 aliphatic heterocycles. The molecule has 6 nitrogen and oxygen atoms in total. The van der Waals surface area contributed by atoms with Crippen LogP contribution in [0.15, 0.2) is 53.3 Å². The van der Waals surface area contributed by atoms with E-state index in [-0.39, 0.29) is 24.6 Å². The third-order valence-corrected chi connectivity index (χ3v) is 4.52. The predicted octanol–water partition coefficient (Wildman–Crippen LogP) is 2.04. The topological polar surface area (TPSA) is 71.4 Å². The van der Waals surface area contributed by atoms with Crippen LogP contribution in [0.1, 0.15) is 16.8 Å². The van der Waals surface area contributed by atoms with Gasteiger partial charge in [-0.05, 0) is 29.8 Å². The van der Waals surface area contributed by atoms with Gasteiger partial charge in [-0.1, -0.05) is 18.2 Å². The second-order valence-corrected chi connectivity index (χ2v) is 6.49. The Morgan fingerprint density at radius 1 is 1.07 bits per heavy atom. The van der Waals surface area contributed by atoms with Crippen LogP contribution >= 0.6 is 0 Å². The number of halogens is 3. The number of alkyl halides is 3. The highest BCUT2D eigenvalue weighted by Gasteiger charge is 2.29. The lowest BCUT2D eigenvalue weighted by Crippen LogP contribution is -2.45. The normalized spacial score (nSPS) is 14.0. The Hall–Kier alpha value is -3.36. The van der Waals surface area contributed by atoms with Gasteiger partial charge >= 0.3 is 6.18 Å². The third-order valence-electron chi connectivity index (χ3n) is 4.52. The lowest BCUT2D eigenvalue weighted by atomic mass is 10.1. The first-order valence-corrected chi connectivity index (χ1v) is 8.84. The largest absolute Gasteiger partial charge is 0.416 e.